The van der Waals surface area contributed by atoms with Gasteiger partial charge in [-0.1, -0.05) is 23.4 Å². The van der Waals surface area contributed by atoms with E-state index in [9.17, 15) is 0 Å². The van der Waals surface area contributed by atoms with Gasteiger partial charge in [-0.15, -0.1) is 11.3 Å². The van der Waals surface area contributed by atoms with Gasteiger partial charge in [0.1, 0.15) is 5.01 Å². The number of methoxy groups -OCH3 is 3. The summed E-state index contributed by atoms with van der Waals surface area (Å²) in [6.45, 7) is 1.34. The summed E-state index contributed by atoms with van der Waals surface area (Å²) < 4.78 is 18.2. The van der Waals surface area contributed by atoms with Crippen LogP contribution in [0.3, 0.4) is 0 Å². The van der Waals surface area contributed by atoms with Crippen LogP contribution in [0.15, 0.2) is 46.9 Å². The maximum atomic E-state index is 6.15. The molecule has 0 bridgehead atoms. The van der Waals surface area contributed by atoms with Crippen molar-refractivity contribution >= 4 is 45.7 Å². The van der Waals surface area contributed by atoms with Crippen LogP contribution in [0.25, 0.3) is 21.6 Å². The molecule has 4 rings (SSSR count). The Morgan fingerprint density at radius 3 is 2.65 bits per heavy atom. The van der Waals surface area contributed by atoms with Gasteiger partial charge in [0, 0.05) is 35.4 Å². The number of hydrogen-bond donors (Lipinski definition) is 0. The molecule has 6 nitrogen and oxygen atoms in total. The molecule has 2 aromatic heterocycles. The smallest absolute Gasteiger partial charge is 0.169 e. The number of rotatable bonds is 9. The van der Waals surface area contributed by atoms with E-state index >= 15 is 0 Å². The number of ether oxygens (including phenoxy) is 3. The molecule has 0 aliphatic carbocycles. The van der Waals surface area contributed by atoms with Crippen LogP contribution in [-0.4, -0.2) is 42.5 Å². The molecule has 0 atom stereocenters. The largest absolute Gasteiger partial charge is 0.493 e. The van der Waals surface area contributed by atoms with Gasteiger partial charge in [-0.2, -0.15) is 0 Å². The predicted octanol–water partition coefficient (Wildman–Crippen LogP) is 5.77. The second-order valence-electron chi connectivity index (χ2n) is 6.67. The summed E-state index contributed by atoms with van der Waals surface area (Å²) in [4.78, 5) is 9.58. The Balaban J connectivity index is 1.54. The van der Waals surface area contributed by atoms with E-state index < -0.39 is 0 Å². The number of imidazole rings is 1. The van der Waals surface area contributed by atoms with E-state index in [0.29, 0.717) is 28.9 Å². The minimum Gasteiger partial charge on any atom is -0.493 e. The van der Waals surface area contributed by atoms with Gasteiger partial charge < -0.3 is 18.8 Å². The van der Waals surface area contributed by atoms with Gasteiger partial charge in [0.05, 0.1) is 37.6 Å². The summed E-state index contributed by atoms with van der Waals surface area (Å²) in [5.74, 6) is 2.11. The molecule has 0 unspecified atom stereocenters. The van der Waals surface area contributed by atoms with Crippen molar-refractivity contribution < 1.29 is 14.2 Å². The Hall–Kier alpha value is -2.26. The fraction of sp³-hybridized carbons (Fsp3) is 0.273. The van der Waals surface area contributed by atoms with E-state index in [0.717, 1.165) is 39.0 Å². The minimum absolute atomic E-state index is 0.613. The second kappa shape index (κ2) is 9.91. The number of thioether (sulfide) groups is 1. The number of aromatic nitrogens is 3. The van der Waals surface area contributed by atoms with Crippen LogP contribution < -0.4 is 9.47 Å². The van der Waals surface area contributed by atoms with Crippen LogP contribution >= 0.6 is 34.7 Å². The first kappa shape index (κ1) is 22.0. The highest BCUT2D eigenvalue weighted by molar-refractivity contribution is 7.98. The average Bonchev–Trinajstić information content (AvgIpc) is 3.39. The molecule has 0 aliphatic heterocycles. The third-order valence-electron chi connectivity index (χ3n) is 4.73. The molecule has 0 fully saturated rings. The third-order valence-corrected chi connectivity index (χ3v) is 6.91. The molecular formula is C22H22ClN3O3S2. The Labute approximate surface area is 194 Å². The van der Waals surface area contributed by atoms with Crippen molar-refractivity contribution in [3.05, 3.63) is 52.5 Å². The molecule has 162 valence electrons. The van der Waals surface area contributed by atoms with Crippen molar-refractivity contribution in [2.24, 2.45) is 0 Å². The van der Waals surface area contributed by atoms with Crippen LogP contribution in [-0.2, 0) is 17.0 Å². The lowest BCUT2D eigenvalue weighted by molar-refractivity contribution is 0.186. The highest BCUT2D eigenvalue weighted by Gasteiger charge is 2.14. The molecule has 2 heterocycles. The number of hydrogen-bond acceptors (Lipinski definition) is 7. The maximum Gasteiger partial charge on any atom is 0.169 e. The van der Waals surface area contributed by atoms with Gasteiger partial charge >= 0.3 is 0 Å². The SMILES string of the molecule is COCCn1c(SCc2csc(-c3ccc(OC)c(OC)c3)n2)nc2cc(Cl)ccc21. The topological polar surface area (TPSA) is 58.4 Å². The predicted molar refractivity (Wildman–Crippen MR) is 127 cm³/mol. The van der Waals surface area contributed by atoms with Crippen molar-refractivity contribution in [2.45, 2.75) is 17.5 Å². The molecule has 2 aromatic carbocycles. The quantitative estimate of drug-likeness (QED) is 0.286. The summed E-state index contributed by atoms with van der Waals surface area (Å²) >= 11 is 9.42. The molecule has 9 heteroatoms. The minimum atomic E-state index is 0.613. The van der Waals surface area contributed by atoms with E-state index in [4.69, 9.17) is 35.8 Å². The highest BCUT2D eigenvalue weighted by Crippen LogP contribution is 2.35. The van der Waals surface area contributed by atoms with Crippen molar-refractivity contribution in [1.82, 2.24) is 14.5 Å². The lowest BCUT2D eigenvalue weighted by atomic mass is 10.2. The summed E-state index contributed by atoms with van der Waals surface area (Å²) in [6, 6.07) is 11.6. The average molecular weight is 476 g/mol. The highest BCUT2D eigenvalue weighted by atomic mass is 35.5. The zero-order valence-electron chi connectivity index (χ0n) is 17.4. The van der Waals surface area contributed by atoms with Gasteiger partial charge in [-0.3, -0.25) is 0 Å². The Morgan fingerprint density at radius 2 is 1.87 bits per heavy atom. The lowest BCUT2D eigenvalue weighted by Gasteiger charge is -2.08. The maximum absolute atomic E-state index is 6.15. The molecule has 0 aliphatic rings. The standard InChI is InChI=1S/C22H22ClN3O3S2/c1-27-9-8-26-18-6-5-15(23)11-17(18)25-22(26)31-13-16-12-30-21(24-16)14-4-7-19(28-2)20(10-14)29-3/h4-7,10-12H,8-9,13H2,1-3H3. The molecule has 0 saturated heterocycles. The normalized spacial score (nSPS) is 11.2. The van der Waals surface area contributed by atoms with E-state index in [1.807, 2.05) is 36.4 Å². The fourth-order valence-electron chi connectivity index (χ4n) is 3.20. The zero-order chi connectivity index (χ0) is 21.8. The molecule has 0 amide bonds. The van der Waals surface area contributed by atoms with E-state index in [-0.39, 0.29) is 0 Å². The summed E-state index contributed by atoms with van der Waals surface area (Å²) in [5, 5.41) is 4.63. The van der Waals surface area contributed by atoms with E-state index in [2.05, 4.69) is 9.95 Å². The summed E-state index contributed by atoms with van der Waals surface area (Å²) in [7, 11) is 4.96. The Bertz CT molecular complexity index is 1190. The lowest BCUT2D eigenvalue weighted by Crippen LogP contribution is -2.05. The fourth-order valence-corrected chi connectivity index (χ4v) is 5.23. The monoisotopic (exact) mass is 475 g/mol. The number of halogens is 1. The molecule has 31 heavy (non-hydrogen) atoms. The van der Waals surface area contributed by atoms with Crippen LogP contribution in [0, 0.1) is 0 Å². The second-order valence-corrected chi connectivity index (χ2v) is 8.91. The number of nitrogens with zero attached hydrogens (tertiary/aromatic N) is 3. The van der Waals surface area contributed by atoms with Gasteiger partial charge in [0.2, 0.25) is 0 Å². The van der Waals surface area contributed by atoms with E-state index in [1.54, 1.807) is 44.4 Å². The molecule has 4 aromatic rings. The zero-order valence-corrected chi connectivity index (χ0v) is 19.8. The first-order chi connectivity index (χ1) is 15.1. The van der Waals surface area contributed by atoms with Gasteiger partial charge in [0.25, 0.3) is 0 Å². The molecule has 0 N–H and O–H groups in total. The van der Waals surface area contributed by atoms with Crippen molar-refractivity contribution in [2.75, 3.05) is 27.9 Å². The molecular weight excluding hydrogens is 454 g/mol. The number of fused-ring (bicyclic) bond motifs is 1. The number of benzene rings is 2. The van der Waals surface area contributed by atoms with E-state index in [1.165, 1.54) is 0 Å². The van der Waals surface area contributed by atoms with Crippen LogP contribution in [0.5, 0.6) is 11.5 Å². The van der Waals surface area contributed by atoms with Crippen molar-refractivity contribution in [3.63, 3.8) is 0 Å². The Morgan fingerprint density at radius 1 is 1.03 bits per heavy atom. The van der Waals surface area contributed by atoms with Crippen LogP contribution in [0.1, 0.15) is 5.69 Å². The number of thiazole rings is 1. The van der Waals surface area contributed by atoms with Gasteiger partial charge in [-0.25, -0.2) is 9.97 Å². The first-order valence-electron chi connectivity index (χ1n) is 9.57. The third kappa shape index (κ3) is 4.82. The van der Waals surface area contributed by atoms with Crippen molar-refractivity contribution in [1.29, 1.82) is 0 Å². The van der Waals surface area contributed by atoms with Crippen molar-refractivity contribution in [3.8, 4) is 22.1 Å². The summed E-state index contributed by atoms with van der Waals surface area (Å²) in [5.41, 5.74) is 3.94. The molecule has 0 spiro atoms. The van der Waals surface area contributed by atoms with Crippen LogP contribution in [0.2, 0.25) is 5.02 Å². The van der Waals surface area contributed by atoms with Gasteiger partial charge in [-0.05, 0) is 36.4 Å². The van der Waals surface area contributed by atoms with Crippen LogP contribution in [0.4, 0.5) is 0 Å². The molecule has 0 saturated carbocycles. The first-order valence-corrected chi connectivity index (χ1v) is 11.8. The molecule has 0 radical (unpaired) electrons. The summed E-state index contributed by atoms with van der Waals surface area (Å²) in [6.07, 6.45) is 0. The van der Waals surface area contributed by atoms with Gasteiger partial charge in [0.15, 0.2) is 16.7 Å². The Kier molecular flexibility index (Phi) is 7.02.